The Hall–Kier alpha value is -2.91. The molecule has 10 heteroatoms. The van der Waals surface area contributed by atoms with Gasteiger partial charge in [-0.3, -0.25) is 14.4 Å². The number of amides is 3. The number of carbonyl (C=O) groups is 3. The largest absolute Gasteiger partial charge is 0.339 e. The zero-order valence-electron chi connectivity index (χ0n) is 16.8. The van der Waals surface area contributed by atoms with Gasteiger partial charge >= 0.3 is 0 Å². The number of hydrogen-bond donors (Lipinski definition) is 2. The Kier molecular flexibility index (Phi) is 6.97. The van der Waals surface area contributed by atoms with Crippen molar-refractivity contribution < 1.29 is 22.8 Å². The van der Waals surface area contributed by atoms with Crippen LogP contribution in [0.2, 0.25) is 5.02 Å². The summed E-state index contributed by atoms with van der Waals surface area (Å²) in [6.45, 7) is 2.04. The van der Waals surface area contributed by atoms with Crippen LogP contribution in [0.1, 0.15) is 30.1 Å². The number of rotatable bonds is 5. The maximum atomic E-state index is 12.6. The summed E-state index contributed by atoms with van der Waals surface area (Å²) in [5.41, 5.74) is 1.01. The van der Waals surface area contributed by atoms with Gasteiger partial charge in [0.25, 0.3) is 15.9 Å². The van der Waals surface area contributed by atoms with Crippen molar-refractivity contribution in [1.82, 2.24) is 9.62 Å². The first-order chi connectivity index (χ1) is 14.7. The molecule has 1 heterocycles. The molecule has 0 radical (unpaired) electrons. The highest BCUT2D eigenvalue weighted by atomic mass is 35.5. The molecule has 164 valence electrons. The molecule has 0 unspecified atom stereocenters. The second-order valence-corrected chi connectivity index (χ2v) is 9.37. The van der Waals surface area contributed by atoms with Gasteiger partial charge in [0.2, 0.25) is 11.8 Å². The first kappa shape index (κ1) is 22.8. The van der Waals surface area contributed by atoms with Gasteiger partial charge in [0.05, 0.1) is 4.90 Å². The topological polar surface area (TPSA) is 113 Å². The van der Waals surface area contributed by atoms with Crippen LogP contribution < -0.4 is 10.0 Å². The lowest BCUT2D eigenvalue weighted by atomic mass is 9.95. The second-order valence-electron chi connectivity index (χ2n) is 7.25. The maximum absolute atomic E-state index is 12.6. The predicted molar refractivity (Wildman–Crippen MR) is 116 cm³/mol. The molecule has 3 rings (SSSR count). The van der Waals surface area contributed by atoms with Gasteiger partial charge in [-0.25, -0.2) is 13.1 Å². The van der Waals surface area contributed by atoms with Crippen LogP contribution in [0.25, 0.3) is 0 Å². The Labute approximate surface area is 185 Å². The molecule has 0 aromatic heterocycles. The average molecular weight is 464 g/mol. The van der Waals surface area contributed by atoms with E-state index in [1.807, 2.05) is 4.72 Å². The molecular weight excluding hydrogens is 442 g/mol. The SMILES string of the molecule is CC(=O)NS(=O)(=O)c1ccc(NC(=O)C2CCN(C(=O)c3ccc(Cl)cc3)CC2)cc1. The normalized spacial score (nSPS) is 14.7. The first-order valence-electron chi connectivity index (χ1n) is 9.65. The number of carbonyl (C=O) groups excluding carboxylic acids is 3. The number of benzene rings is 2. The van der Waals surface area contributed by atoms with E-state index in [2.05, 4.69) is 5.32 Å². The lowest BCUT2D eigenvalue weighted by molar-refractivity contribution is -0.121. The highest BCUT2D eigenvalue weighted by Crippen LogP contribution is 2.22. The molecule has 8 nitrogen and oxygen atoms in total. The Morgan fingerprint density at radius 2 is 1.55 bits per heavy atom. The van der Waals surface area contributed by atoms with Gasteiger partial charge in [0.15, 0.2) is 0 Å². The van der Waals surface area contributed by atoms with Crippen LogP contribution in [0.5, 0.6) is 0 Å². The van der Waals surface area contributed by atoms with Crippen LogP contribution in [-0.4, -0.2) is 44.1 Å². The summed E-state index contributed by atoms with van der Waals surface area (Å²) in [6, 6.07) is 12.3. The average Bonchev–Trinajstić information content (AvgIpc) is 2.73. The lowest BCUT2D eigenvalue weighted by Gasteiger charge is -2.31. The van der Waals surface area contributed by atoms with Gasteiger partial charge in [-0.05, 0) is 61.4 Å². The molecule has 1 aliphatic heterocycles. The third kappa shape index (κ3) is 5.83. The van der Waals surface area contributed by atoms with E-state index < -0.39 is 15.9 Å². The van der Waals surface area contributed by atoms with Gasteiger partial charge in [0.1, 0.15) is 0 Å². The summed E-state index contributed by atoms with van der Waals surface area (Å²) < 4.78 is 25.8. The van der Waals surface area contributed by atoms with Crippen molar-refractivity contribution in [1.29, 1.82) is 0 Å². The standard InChI is InChI=1S/C21H22ClN3O5S/c1-14(26)24-31(29,30)19-8-6-18(7-9-19)23-20(27)15-10-12-25(13-11-15)21(28)16-2-4-17(22)5-3-16/h2-9,15H,10-13H2,1H3,(H,23,27)(H,24,26). The summed E-state index contributed by atoms with van der Waals surface area (Å²) in [5.74, 6) is -1.21. The fourth-order valence-corrected chi connectivity index (χ4v) is 4.45. The predicted octanol–water partition coefficient (Wildman–Crippen LogP) is 2.66. The van der Waals surface area contributed by atoms with Crippen molar-refractivity contribution in [2.24, 2.45) is 5.92 Å². The van der Waals surface area contributed by atoms with Gasteiger partial charge in [-0.1, -0.05) is 11.6 Å². The summed E-state index contributed by atoms with van der Waals surface area (Å²) in [7, 11) is -3.92. The number of nitrogens with zero attached hydrogens (tertiary/aromatic N) is 1. The van der Waals surface area contributed by atoms with Crippen LogP contribution in [-0.2, 0) is 19.6 Å². The van der Waals surface area contributed by atoms with E-state index in [1.54, 1.807) is 29.2 Å². The second kappa shape index (κ2) is 9.49. The number of piperidine rings is 1. The Balaban J connectivity index is 1.54. The molecule has 0 spiro atoms. The van der Waals surface area contributed by atoms with E-state index in [4.69, 9.17) is 11.6 Å². The third-order valence-corrected chi connectivity index (χ3v) is 6.66. The number of halogens is 1. The van der Waals surface area contributed by atoms with Gasteiger partial charge in [-0.15, -0.1) is 0 Å². The minimum atomic E-state index is -3.92. The minimum absolute atomic E-state index is 0.0743. The van der Waals surface area contributed by atoms with E-state index in [0.29, 0.717) is 42.2 Å². The van der Waals surface area contributed by atoms with Gasteiger partial charge in [0, 0.05) is 42.2 Å². The maximum Gasteiger partial charge on any atom is 0.264 e. The monoisotopic (exact) mass is 463 g/mol. The number of sulfonamides is 1. The Morgan fingerprint density at radius 1 is 0.968 bits per heavy atom. The lowest BCUT2D eigenvalue weighted by Crippen LogP contribution is -2.41. The van der Waals surface area contributed by atoms with E-state index in [0.717, 1.165) is 6.92 Å². The fourth-order valence-electron chi connectivity index (χ4n) is 3.33. The highest BCUT2D eigenvalue weighted by molar-refractivity contribution is 7.90. The zero-order chi connectivity index (χ0) is 22.6. The smallest absolute Gasteiger partial charge is 0.264 e. The number of hydrogen-bond acceptors (Lipinski definition) is 5. The van der Waals surface area contributed by atoms with E-state index in [1.165, 1.54) is 24.3 Å². The fraction of sp³-hybridized carbons (Fsp3) is 0.286. The van der Waals surface area contributed by atoms with Crippen LogP contribution in [0.15, 0.2) is 53.4 Å². The molecule has 3 amide bonds. The quantitative estimate of drug-likeness (QED) is 0.707. The molecule has 0 bridgehead atoms. The molecule has 31 heavy (non-hydrogen) atoms. The molecule has 2 N–H and O–H groups in total. The molecule has 1 aliphatic rings. The van der Waals surface area contributed by atoms with Crippen molar-refractivity contribution in [3.05, 3.63) is 59.1 Å². The number of anilines is 1. The summed E-state index contributed by atoms with van der Waals surface area (Å²) in [4.78, 5) is 37.8. The Morgan fingerprint density at radius 3 is 2.10 bits per heavy atom. The minimum Gasteiger partial charge on any atom is -0.339 e. The van der Waals surface area contributed by atoms with Crippen molar-refractivity contribution >= 4 is 45.0 Å². The Bertz CT molecular complexity index is 1080. The molecule has 2 aromatic rings. The zero-order valence-corrected chi connectivity index (χ0v) is 18.4. The third-order valence-electron chi connectivity index (χ3n) is 4.95. The first-order valence-corrected chi connectivity index (χ1v) is 11.5. The van der Waals surface area contributed by atoms with Crippen molar-refractivity contribution in [2.75, 3.05) is 18.4 Å². The van der Waals surface area contributed by atoms with E-state index >= 15 is 0 Å². The van der Waals surface area contributed by atoms with Crippen molar-refractivity contribution in [3.8, 4) is 0 Å². The van der Waals surface area contributed by atoms with Crippen molar-refractivity contribution in [2.45, 2.75) is 24.7 Å². The van der Waals surface area contributed by atoms with Crippen LogP contribution in [0, 0.1) is 5.92 Å². The van der Waals surface area contributed by atoms with Gasteiger partial charge < -0.3 is 10.2 Å². The molecule has 2 aromatic carbocycles. The summed E-state index contributed by atoms with van der Waals surface area (Å²) in [5, 5.41) is 3.34. The van der Waals surface area contributed by atoms with Gasteiger partial charge in [-0.2, -0.15) is 0 Å². The number of likely N-dealkylation sites (tertiary alicyclic amines) is 1. The van der Waals surface area contributed by atoms with Crippen molar-refractivity contribution in [3.63, 3.8) is 0 Å². The molecule has 0 atom stereocenters. The van der Waals surface area contributed by atoms with E-state index in [-0.39, 0.29) is 22.6 Å². The molecule has 0 saturated carbocycles. The molecule has 0 aliphatic carbocycles. The summed E-state index contributed by atoms with van der Waals surface area (Å²) >= 11 is 5.86. The molecular formula is C21H22ClN3O5S. The van der Waals surface area contributed by atoms with Crippen LogP contribution in [0.3, 0.4) is 0 Å². The van der Waals surface area contributed by atoms with Crippen LogP contribution >= 0.6 is 11.6 Å². The van der Waals surface area contributed by atoms with Crippen LogP contribution in [0.4, 0.5) is 5.69 Å². The van der Waals surface area contributed by atoms with E-state index in [9.17, 15) is 22.8 Å². The molecule has 1 saturated heterocycles. The number of nitrogens with one attached hydrogen (secondary N) is 2. The summed E-state index contributed by atoms with van der Waals surface area (Å²) in [6.07, 6.45) is 1.06. The highest BCUT2D eigenvalue weighted by Gasteiger charge is 2.28. The molecule has 1 fully saturated rings.